The smallest absolute Gasteiger partial charge is 0.361 e. The fourth-order valence-electron chi connectivity index (χ4n) is 2.36. The summed E-state index contributed by atoms with van der Waals surface area (Å²) in [5.41, 5.74) is -2.35. The topological polar surface area (TPSA) is 127 Å². The van der Waals surface area contributed by atoms with Crippen LogP contribution in [-0.4, -0.2) is 40.3 Å². The molecule has 29 heavy (non-hydrogen) atoms. The summed E-state index contributed by atoms with van der Waals surface area (Å²) in [6.07, 6.45) is 0. The van der Waals surface area contributed by atoms with Gasteiger partial charge in [0.15, 0.2) is 5.69 Å². The van der Waals surface area contributed by atoms with E-state index in [1.807, 2.05) is 0 Å². The number of ether oxygens (including phenoxy) is 2. The van der Waals surface area contributed by atoms with Crippen LogP contribution in [0.2, 0.25) is 0 Å². The van der Waals surface area contributed by atoms with Crippen molar-refractivity contribution in [3.8, 4) is 5.75 Å². The molecular weight excluding hydrogens is 402 g/mol. The van der Waals surface area contributed by atoms with Gasteiger partial charge in [0.25, 0.3) is 5.56 Å². The number of esters is 2. The van der Waals surface area contributed by atoms with E-state index >= 15 is 0 Å². The number of H-pyrrole nitrogens is 1. The van der Waals surface area contributed by atoms with E-state index in [0.717, 1.165) is 0 Å². The Hall–Kier alpha value is -3.20. The van der Waals surface area contributed by atoms with Gasteiger partial charge in [-0.1, -0.05) is 18.2 Å². The largest absolute Gasteiger partial charge is 0.461 e. The first-order valence-corrected chi connectivity index (χ1v) is 9.19. The van der Waals surface area contributed by atoms with Gasteiger partial charge in [-0.3, -0.25) is 9.59 Å². The number of amides is 1. The number of carbonyl (C=O) groups is 3. The molecule has 0 spiro atoms. The Balaban J connectivity index is 2.51. The summed E-state index contributed by atoms with van der Waals surface area (Å²) < 4.78 is 10.1. The molecule has 0 unspecified atom stereocenters. The molecule has 0 aliphatic carbocycles. The standard InChI is InChI=1S/C19H20ClN3O6/c1-4-28-17(27)13-14(29-16(26)11-8-6-5-7-9-11)15(25)22-18(21-13)19(2,3)23-12(24)10-20/h5-9H,4,10H2,1-3H3,(H,23,24)(H,21,22,25). The van der Waals surface area contributed by atoms with Crippen molar-refractivity contribution in [2.45, 2.75) is 26.3 Å². The molecule has 1 heterocycles. The van der Waals surface area contributed by atoms with Gasteiger partial charge in [0.1, 0.15) is 11.7 Å². The van der Waals surface area contributed by atoms with Gasteiger partial charge in [0, 0.05) is 0 Å². The molecule has 2 N–H and O–H groups in total. The van der Waals surface area contributed by atoms with Gasteiger partial charge in [-0.25, -0.2) is 14.6 Å². The molecule has 1 aromatic carbocycles. The summed E-state index contributed by atoms with van der Waals surface area (Å²) >= 11 is 5.50. The van der Waals surface area contributed by atoms with Crippen LogP contribution in [-0.2, 0) is 15.1 Å². The maximum atomic E-state index is 12.6. The van der Waals surface area contributed by atoms with Gasteiger partial charge in [0.05, 0.1) is 17.7 Å². The number of aromatic amines is 1. The lowest BCUT2D eigenvalue weighted by Crippen LogP contribution is -2.44. The number of halogens is 1. The van der Waals surface area contributed by atoms with Crippen molar-refractivity contribution < 1.29 is 23.9 Å². The fourth-order valence-corrected chi connectivity index (χ4v) is 2.42. The van der Waals surface area contributed by atoms with Crippen LogP contribution in [0.5, 0.6) is 5.75 Å². The second-order valence-electron chi connectivity index (χ2n) is 6.38. The Morgan fingerprint density at radius 3 is 2.41 bits per heavy atom. The molecule has 1 aromatic heterocycles. The third kappa shape index (κ3) is 5.41. The second-order valence-corrected chi connectivity index (χ2v) is 6.64. The molecule has 0 atom stereocenters. The van der Waals surface area contributed by atoms with Crippen molar-refractivity contribution in [1.82, 2.24) is 15.3 Å². The molecule has 0 bridgehead atoms. The normalized spacial score (nSPS) is 10.9. The van der Waals surface area contributed by atoms with E-state index in [9.17, 15) is 19.2 Å². The predicted octanol–water partition coefficient (Wildman–Crippen LogP) is 1.76. The van der Waals surface area contributed by atoms with Crippen molar-refractivity contribution in [2.75, 3.05) is 12.5 Å². The van der Waals surface area contributed by atoms with E-state index in [-0.39, 0.29) is 23.9 Å². The van der Waals surface area contributed by atoms with Crippen molar-refractivity contribution >= 4 is 29.4 Å². The first-order valence-electron chi connectivity index (χ1n) is 8.65. The molecule has 0 aliphatic heterocycles. The van der Waals surface area contributed by atoms with Gasteiger partial charge >= 0.3 is 11.9 Å². The molecule has 1 amide bonds. The summed E-state index contributed by atoms with van der Waals surface area (Å²) in [6.45, 7) is 4.70. The van der Waals surface area contributed by atoms with Crippen LogP contribution >= 0.6 is 11.6 Å². The first kappa shape index (κ1) is 22.1. The minimum absolute atomic E-state index is 0.0150. The summed E-state index contributed by atoms with van der Waals surface area (Å²) in [4.78, 5) is 55.5. The zero-order valence-corrected chi connectivity index (χ0v) is 16.8. The zero-order valence-electron chi connectivity index (χ0n) is 16.1. The maximum absolute atomic E-state index is 12.6. The molecule has 0 radical (unpaired) electrons. The number of hydrogen-bond acceptors (Lipinski definition) is 7. The molecule has 0 saturated heterocycles. The molecular formula is C19H20ClN3O6. The van der Waals surface area contributed by atoms with Crippen molar-refractivity contribution in [3.05, 3.63) is 57.8 Å². The number of rotatable bonds is 7. The molecule has 0 aliphatic rings. The average molecular weight is 422 g/mol. The predicted molar refractivity (Wildman–Crippen MR) is 104 cm³/mol. The lowest BCUT2D eigenvalue weighted by Gasteiger charge is -2.25. The van der Waals surface area contributed by atoms with Crippen molar-refractivity contribution in [2.24, 2.45) is 0 Å². The van der Waals surface area contributed by atoms with Crippen LogP contribution in [0.25, 0.3) is 0 Å². The molecule has 10 heteroatoms. The monoisotopic (exact) mass is 421 g/mol. The van der Waals surface area contributed by atoms with Gasteiger partial charge in [-0.05, 0) is 32.9 Å². The van der Waals surface area contributed by atoms with Crippen LogP contribution in [0.4, 0.5) is 0 Å². The van der Waals surface area contributed by atoms with E-state index < -0.39 is 40.4 Å². The van der Waals surface area contributed by atoms with Gasteiger partial charge < -0.3 is 19.8 Å². The highest BCUT2D eigenvalue weighted by Crippen LogP contribution is 2.20. The van der Waals surface area contributed by atoms with Crippen LogP contribution < -0.4 is 15.6 Å². The highest BCUT2D eigenvalue weighted by atomic mass is 35.5. The van der Waals surface area contributed by atoms with E-state index in [1.54, 1.807) is 39.0 Å². The Kier molecular flexibility index (Phi) is 7.11. The molecule has 9 nitrogen and oxygen atoms in total. The average Bonchev–Trinajstić information content (AvgIpc) is 2.69. The number of alkyl halides is 1. The summed E-state index contributed by atoms with van der Waals surface area (Å²) in [6, 6.07) is 7.94. The third-order valence-electron chi connectivity index (χ3n) is 3.72. The van der Waals surface area contributed by atoms with Crippen LogP contribution in [0.3, 0.4) is 0 Å². The van der Waals surface area contributed by atoms with Crippen LogP contribution in [0.15, 0.2) is 35.1 Å². The van der Waals surface area contributed by atoms with Crippen molar-refractivity contribution in [3.63, 3.8) is 0 Å². The van der Waals surface area contributed by atoms with E-state index in [1.165, 1.54) is 12.1 Å². The minimum Gasteiger partial charge on any atom is -0.461 e. The molecule has 0 saturated carbocycles. The molecule has 2 aromatic rings. The zero-order chi connectivity index (χ0) is 21.6. The number of nitrogens with one attached hydrogen (secondary N) is 2. The fraction of sp³-hybridized carbons (Fsp3) is 0.316. The highest BCUT2D eigenvalue weighted by molar-refractivity contribution is 6.27. The summed E-state index contributed by atoms with van der Waals surface area (Å²) in [5.74, 6) is -3.23. The summed E-state index contributed by atoms with van der Waals surface area (Å²) in [5, 5.41) is 2.57. The SMILES string of the molecule is CCOC(=O)c1nc(C(C)(C)NC(=O)CCl)[nH]c(=O)c1OC(=O)c1ccccc1. The highest BCUT2D eigenvalue weighted by Gasteiger charge is 2.31. The van der Waals surface area contributed by atoms with Gasteiger partial charge in [-0.2, -0.15) is 0 Å². The summed E-state index contributed by atoms with van der Waals surface area (Å²) in [7, 11) is 0. The van der Waals surface area contributed by atoms with Gasteiger partial charge in [-0.15, -0.1) is 11.6 Å². The van der Waals surface area contributed by atoms with Gasteiger partial charge in [0.2, 0.25) is 11.7 Å². The minimum atomic E-state index is -1.17. The lowest BCUT2D eigenvalue weighted by atomic mass is 10.0. The van der Waals surface area contributed by atoms with Crippen molar-refractivity contribution in [1.29, 1.82) is 0 Å². The van der Waals surface area contributed by atoms with Crippen LogP contribution in [0.1, 0.15) is 47.4 Å². The maximum Gasteiger partial charge on any atom is 0.361 e. The van der Waals surface area contributed by atoms with E-state index in [4.69, 9.17) is 21.1 Å². The number of nitrogens with zero attached hydrogens (tertiary/aromatic N) is 1. The quantitative estimate of drug-likeness (QED) is 0.515. The molecule has 154 valence electrons. The van der Waals surface area contributed by atoms with Crippen LogP contribution in [0, 0.1) is 0 Å². The Labute approximate surface area is 171 Å². The first-order chi connectivity index (χ1) is 13.7. The van der Waals surface area contributed by atoms with E-state index in [0.29, 0.717) is 0 Å². The second kappa shape index (κ2) is 9.33. The number of benzene rings is 1. The van der Waals surface area contributed by atoms with E-state index in [2.05, 4.69) is 15.3 Å². The Bertz CT molecular complexity index is 972. The number of hydrogen-bond donors (Lipinski definition) is 2. The Morgan fingerprint density at radius 2 is 1.83 bits per heavy atom. The number of aromatic nitrogens is 2. The molecule has 0 fully saturated rings. The lowest BCUT2D eigenvalue weighted by molar-refractivity contribution is -0.120. The third-order valence-corrected chi connectivity index (χ3v) is 3.96. The number of carbonyl (C=O) groups excluding carboxylic acids is 3. The molecule has 2 rings (SSSR count). The Morgan fingerprint density at radius 1 is 1.17 bits per heavy atom.